The average molecular weight is 318 g/mol. The summed E-state index contributed by atoms with van der Waals surface area (Å²) in [5.41, 5.74) is 2.44. The van der Waals surface area contributed by atoms with Crippen molar-refractivity contribution < 1.29 is 4.79 Å². The van der Waals surface area contributed by atoms with Gasteiger partial charge in [0, 0.05) is 37.4 Å². The van der Waals surface area contributed by atoms with Crippen molar-refractivity contribution in [3.8, 4) is 0 Å². The van der Waals surface area contributed by atoms with Gasteiger partial charge >= 0.3 is 0 Å². The monoisotopic (exact) mass is 318 g/mol. The number of aryl methyl sites for hydroxylation is 2. The van der Waals surface area contributed by atoms with Crippen molar-refractivity contribution in [3.63, 3.8) is 0 Å². The van der Waals surface area contributed by atoms with Crippen molar-refractivity contribution in [3.05, 3.63) is 17.5 Å². The highest BCUT2D eigenvalue weighted by Gasteiger charge is 2.37. The van der Waals surface area contributed by atoms with Crippen LogP contribution in [0.25, 0.3) is 0 Å². The molecule has 128 valence electrons. The molecule has 1 aliphatic heterocycles. The second-order valence-corrected chi connectivity index (χ2v) is 7.02. The lowest BCUT2D eigenvalue weighted by atomic mass is 9.99. The van der Waals surface area contributed by atoms with Crippen molar-refractivity contribution >= 4 is 5.91 Å². The molecule has 2 unspecified atom stereocenters. The summed E-state index contributed by atoms with van der Waals surface area (Å²) in [4.78, 5) is 15.0. The number of aromatic nitrogens is 2. The van der Waals surface area contributed by atoms with Crippen LogP contribution in [0.5, 0.6) is 0 Å². The van der Waals surface area contributed by atoms with E-state index >= 15 is 0 Å². The van der Waals surface area contributed by atoms with Crippen LogP contribution in [-0.4, -0.2) is 39.7 Å². The third-order valence-electron chi connectivity index (χ3n) is 5.45. The number of rotatable bonds is 3. The van der Waals surface area contributed by atoms with Crippen LogP contribution in [0.15, 0.2) is 6.20 Å². The summed E-state index contributed by atoms with van der Waals surface area (Å²) in [5, 5.41) is 7.73. The van der Waals surface area contributed by atoms with E-state index in [2.05, 4.69) is 35.4 Å². The lowest BCUT2D eigenvalue weighted by molar-refractivity contribution is -0.126. The number of carbonyl (C=O) groups is 1. The van der Waals surface area contributed by atoms with Crippen LogP contribution in [0.4, 0.5) is 0 Å². The van der Waals surface area contributed by atoms with Crippen LogP contribution in [0.1, 0.15) is 56.7 Å². The first-order valence-corrected chi connectivity index (χ1v) is 9.23. The Hall–Kier alpha value is -1.36. The molecule has 0 aromatic carbocycles. The normalized spacial score (nSPS) is 26.8. The van der Waals surface area contributed by atoms with Crippen molar-refractivity contribution in [1.82, 2.24) is 20.0 Å². The fraction of sp³-hybridized carbons (Fsp3) is 0.778. The molecule has 5 heteroatoms. The molecule has 1 saturated heterocycles. The van der Waals surface area contributed by atoms with E-state index in [1.54, 1.807) is 0 Å². The number of carbonyl (C=O) groups excluding carboxylic acids is 1. The first kappa shape index (κ1) is 16.5. The summed E-state index contributed by atoms with van der Waals surface area (Å²) < 4.78 is 2.02. The standard InChI is InChI=1S/C18H30N4O/c1-3-22-13-15(14(2)20-22)12-21-11-6-4-5-10-19-18(23)16-8-7-9-17(16)21/h13,16-17H,3-12H2,1-2H3,(H,19,23). The molecule has 1 aliphatic carbocycles. The Morgan fingerprint density at radius 2 is 2.13 bits per heavy atom. The molecule has 2 fully saturated rings. The Bertz CT molecular complexity index is 539. The molecule has 1 aromatic rings. The minimum atomic E-state index is 0.176. The molecular formula is C18H30N4O. The lowest BCUT2D eigenvalue weighted by Crippen LogP contribution is -2.45. The quantitative estimate of drug-likeness (QED) is 0.931. The van der Waals surface area contributed by atoms with E-state index in [9.17, 15) is 4.79 Å². The van der Waals surface area contributed by atoms with Crippen LogP contribution in [0, 0.1) is 12.8 Å². The molecule has 1 aromatic heterocycles. The number of amides is 1. The Kier molecular flexibility index (Phi) is 5.36. The molecular weight excluding hydrogens is 288 g/mol. The summed E-state index contributed by atoms with van der Waals surface area (Å²) in [6, 6.07) is 0.400. The van der Waals surface area contributed by atoms with Gasteiger partial charge in [0.25, 0.3) is 0 Å². The second-order valence-electron chi connectivity index (χ2n) is 7.02. The van der Waals surface area contributed by atoms with Gasteiger partial charge in [-0.05, 0) is 46.1 Å². The minimum Gasteiger partial charge on any atom is -0.356 e. The Morgan fingerprint density at radius 3 is 2.91 bits per heavy atom. The first-order chi connectivity index (χ1) is 11.2. The summed E-state index contributed by atoms with van der Waals surface area (Å²) >= 11 is 0. The predicted molar refractivity (Wildman–Crippen MR) is 91.0 cm³/mol. The molecule has 5 nitrogen and oxygen atoms in total. The van der Waals surface area contributed by atoms with Crippen molar-refractivity contribution in [2.75, 3.05) is 13.1 Å². The van der Waals surface area contributed by atoms with Crippen LogP contribution in [0.2, 0.25) is 0 Å². The Morgan fingerprint density at radius 1 is 1.26 bits per heavy atom. The molecule has 0 spiro atoms. The largest absolute Gasteiger partial charge is 0.356 e. The van der Waals surface area contributed by atoms with E-state index in [1.807, 2.05) is 4.68 Å². The van der Waals surface area contributed by atoms with E-state index in [0.29, 0.717) is 6.04 Å². The number of fused-ring (bicyclic) bond motifs is 1. The summed E-state index contributed by atoms with van der Waals surface area (Å²) in [5.74, 6) is 0.454. The Balaban J connectivity index is 1.78. The summed E-state index contributed by atoms with van der Waals surface area (Å²) in [6.07, 6.45) is 9.06. The van der Waals surface area contributed by atoms with Gasteiger partial charge in [0.05, 0.1) is 11.6 Å². The molecule has 2 atom stereocenters. The molecule has 1 amide bonds. The van der Waals surface area contributed by atoms with Crippen molar-refractivity contribution in [2.45, 2.75) is 71.5 Å². The fourth-order valence-corrected chi connectivity index (χ4v) is 4.10. The van der Waals surface area contributed by atoms with Gasteiger partial charge in [-0.25, -0.2) is 0 Å². The number of hydrogen-bond acceptors (Lipinski definition) is 3. The maximum absolute atomic E-state index is 12.5. The highest BCUT2D eigenvalue weighted by Crippen LogP contribution is 2.32. The van der Waals surface area contributed by atoms with Crippen LogP contribution in [0.3, 0.4) is 0 Å². The number of nitrogens with zero attached hydrogens (tertiary/aromatic N) is 3. The number of hydrogen-bond donors (Lipinski definition) is 1. The zero-order valence-electron chi connectivity index (χ0n) is 14.6. The van der Waals surface area contributed by atoms with Crippen LogP contribution in [-0.2, 0) is 17.9 Å². The van der Waals surface area contributed by atoms with Crippen LogP contribution < -0.4 is 5.32 Å². The highest BCUT2D eigenvalue weighted by molar-refractivity contribution is 5.79. The predicted octanol–water partition coefficient (Wildman–Crippen LogP) is 2.48. The topological polar surface area (TPSA) is 50.2 Å². The summed E-state index contributed by atoms with van der Waals surface area (Å²) in [7, 11) is 0. The van der Waals surface area contributed by atoms with Gasteiger partial charge in [-0.15, -0.1) is 0 Å². The highest BCUT2D eigenvalue weighted by atomic mass is 16.1. The van der Waals surface area contributed by atoms with Gasteiger partial charge in [0.1, 0.15) is 0 Å². The molecule has 1 saturated carbocycles. The third kappa shape index (κ3) is 3.77. The van der Waals surface area contributed by atoms with E-state index in [0.717, 1.165) is 51.1 Å². The fourth-order valence-electron chi connectivity index (χ4n) is 4.10. The average Bonchev–Trinajstić information content (AvgIpc) is 3.16. The van der Waals surface area contributed by atoms with E-state index in [1.165, 1.54) is 24.8 Å². The molecule has 2 aliphatic rings. The van der Waals surface area contributed by atoms with Gasteiger partial charge in [0.15, 0.2) is 0 Å². The maximum Gasteiger partial charge on any atom is 0.224 e. The van der Waals surface area contributed by atoms with Crippen LogP contribution >= 0.6 is 0 Å². The van der Waals surface area contributed by atoms with Crippen molar-refractivity contribution in [2.24, 2.45) is 5.92 Å². The first-order valence-electron chi connectivity index (χ1n) is 9.23. The van der Waals surface area contributed by atoms with Gasteiger partial charge in [-0.1, -0.05) is 12.8 Å². The van der Waals surface area contributed by atoms with Gasteiger partial charge < -0.3 is 5.32 Å². The maximum atomic E-state index is 12.5. The SMILES string of the molecule is CCn1cc(CN2CCCCCNC(=O)C3CCCC32)c(C)n1. The lowest BCUT2D eigenvalue weighted by Gasteiger charge is -2.33. The zero-order valence-corrected chi connectivity index (χ0v) is 14.6. The molecule has 23 heavy (non-hydrogen) atoms. The van der Waals surface area contributed by atoms with Gasteiger partial charge in [-0.3, -0.25) is 14.4 Å². The zero-order chi connectivity index (χ0) is 16.2. The van der Waals surface area contributed by atoms with Gasteiger partial charge in [0.2, 0.25) is 5.91 Å². The molecule has 0 radical (unpaired) electrons. The smallest absolute Gasteiger partial charge is 0.224 e. The molecule has 3 rings (SSSR count). The summed E-state index contributed by atoms with van der Waals surface area (Å²) in [6.45, 7) is 8.02. The van der Waals surface area contributed by atoms with Gasteiger partial charge in [-0.2, -0.15) is 5.10 Å². The number of nitrogens with one attached hydrogen (secondary N) is 1. The molecule has 0 bridgehead atoms. The molecule has 2 heterocycles. The Labute approximate surface area is 139 Å². The van der Waals surface area contributed by atoms with Crippen molar-refractivity contribution in [1.29, 1.82) is 0 Å². The molecule has 1 N–H and O–H groups in total. The minimum absolute atomic E-state index is 0.176. The second kappa shape index (κ2) is 7.47. The third-order valence-corrected chi connectivity index (χ3v) is 5.45. The van der Waals surface area contributed by atoms with E-state index < -0.39 is 0 Å². The van der Waals surface area contributed by atoms with E-state index in [4.69, 9.17) is 0 Å². The van der Waals surface area contributed by atoms with E-state index in [-0.39, 0.29) is 11.8 Å².